The van der Waals surface area contributed by atoms with E-state index in [-0.39, 0.29) is 0 Å². The molecule has 0 aliphatic heterocycles. The van der Waals surface area contributed by atoms with Gasteiger partial charge in [0.05, 0.1) is 31.6 Å². The van der Waals surface area contributed by atoms with Crippen molar-refractivity contribution in [2.75, 3.05) is 19.5 Å². The van der Waals surface area contributed by atoms with E-state index in [9.17, 15) is 0 Å². The Morgan fingerprint density at radius 2 is 1.78 bits per heavy atom. The molecular weight excluding hydrogens is 364 g/mol. The Hall–Kier alpha value is -3.25. The molecule has 2 aromatic heterocycles. The van der Waals surface area contributed by atoms with Gasteiger partial charge in [0.1, 0.15) is 11.5 Å². The predicted octanol–water partition coefficient (Wildman–Crippen LogP) is 4.81. The van der Waals surface area contributed by atoms with Crippen LogP contribution in [0.5, 0.6) is 11.5 Å². The van der Waals surface area contributed by atoms with Gasteiger partial charge in [-0.05, 0) is 54.6 Å². The maximum Gasteiger partial charge on any atom is 0.245 e. The second kappa shape index (κ2) is 7.17. The van der Waals surface area contributed by atoms with Crippen LogP contribution in [-0.2, 0) is 0 Å². The lowest BCUT2D eigenvalue weighted by atomic mass is 10.1. The van der Waals surface area contributed by atoms with E-state index in [4.69, 9.17) is 21.1 Å². The first kappa shape index (κ1) is 17.2. The zero-order chi connectivity index (χ0) is 18.8. The standard InChI is InChI=1S/C20H17ClN4O2/c1-26-16-7-4-14(5-8-16)23-20-22-12-15-6-9-18(25(15)24-20)17-11-13(21)3-10-19(17)27-2/h3-12H,1-2H3,(H,23,24). The van der Waals surface area contributed by atoms with Crippen LogP contribution in [0.15, 0.2) is 60.8 Å². The average Bonchev–Trinajstić information content (AvgIpc) is 3.11. The predicted molar refractivity (Wildman–Crippen MR) is 106 cm³/mol. The summed E-state index contributed by atoms with van der Waals surface area (Å²) in [5.74, 6) is 1.99. The summed E-state index contributed by atoms with van der Waals surface area (Å²) < 4.78 is 12.5. The summed E-state index contributed by atoms with van der Waals surface area (Å²) >= 11 is 6.19. The van der Waals surface area contributed by atoms with E-state index in [0.717, 1.165) is 34.0 Å². The van der Waals surface area contributed by atoms with E-state index in [1.54, 1.807) is 26.5 Å². The highest BCUT2D eigenvalue weighted by atomic mass is 35.5. The lowest BCUT2D eigenvalue weighted by Gasteiger charge is -2.10. The van der Waals surface area contributed by atoms with E-state index in [0.29, 0.717) is 11.0 Å². The summed E-state index contributed by atoms with van der Waals surface area (Å²) in [6, 6.07) is 17.0. The number of ether oxygens (including phenoxy) is 2. The fraction of sp³-hybridized carbons (Fsp3) is 0.100. The van der Waals surface area contributed by atoms with Crippen LogP contribution in [0.1, 0.15) is 0 Å². The molecule has 0 saturated heterocycles. The fourth-order valence-electron chi connectivity index (χ4n) is 2.85. The van der Waals surface area contributed by atoms with Gasteiger partial charge in [0.15, 0.2) is 0 Å². The van der Waals surface area contributed by atoms with Gasteiger partial charge in [-0.25, -0.2) is 9.50 Å². The van der Waals surface area contributed by atoms with E-state index >= 15 is 0 Å². The van der Waals surface area contributed by atoms with Crippen molar-refractivity contribution in [1.29, 1.82) is 0 Å². The lowest BCUT2D eigenvalue weighted by Crippen LogP contribution is -2.03. The van der Waals surface area contributed by atoms with Crippen LogP contribution >= 0.6 is 11.6 Å². The molecule has 0 aliphatic carbocycles. The third kappa shape index (κ3) is 3.39. The first-order chi connectivity index (χ1) is 13.2. The van der Waals surface area contributed by atoms with Gasteiger partial charge in [-0.1, -0.05) is 11.6 Å². The van der Waals surface area contributed by atoms with Gasteiger partial charge in [-0.2, -0.15) is 0 Å². The smallest absolute Gasteiger partial charge is 0.245 e. The molecular formula is C20H17ClN4O2. The molecule has 136 valence electrons. The van der Waals surface area contributed by atoms with Crippen molar-refractivity contribution in [3.8, 4) is 22.8 Å². The van der Waals surface area contributed by atoms with Crippen LogP contribution in [0.2, 0.25) is 5.02 Å². The van der Waals surface area contributed by atoms with Crippen molar-refractivity contribution < 1.29 is 9.47 Å². The van der Waals surface area contributed by atoms with Crippen molar-refractivity contribution in [1.82, 2.24) is 14.6 Å². The molecule has 0 spiro atoms. The van der Waals surface area contributed by atoms with Crippen molar-refractivity contribution >= 4 is 28.8 Å². The Kier molecular flexibility index (Phi) is 4.56. The quantitative estimate of drug-likeness (QED) is 0.538. The van der Waals surface area contributed by atoms with Crippen molar-refractivity contribution in [2.45, 2.75) is 0 Å². The largest absolute Gasteiger partial charge is 0.497 e. The molecule has 27 heavy (non-hydrogen) atoms. The third-order valence-corrected chi connectivity index (χ3v) is 4.42. The van der Waals surface area contributed by atoms with Crippen LogP contribution in [0, 0.1) is 0 Å². The number of nitrogens with zero attached hydrogens (tertiary/aromatic N) is 3. The molecule has 4 rings (SSSR count). The molecule has 0 atom stereocenters. The number of hydrogen-bond donors (Lipinski definition) is 1. The highest BCUT2D eigenvalue weighted by molar-refractivity contribution is 6.31. The van der Waals surface area contributed by atoms with Gasteiger partial charge < -0.3 is 14.8 Å². The number of nitrogens with one attached hydrogen (secondary N) is 1. The summed E-state index contributed by atoms with van der Waals surface area (Å²) in [5, 5.41) is 8.45. The molecule has 0 bridgehead atoms. The van der Waals surface area contributed by atoms with Gasteiger partial charge in [0.2, 0.25) is 5.95 Å². The zero-order valence-electron chi connectivity index (χ0n) is 14.8. The summed E-state index contributed by atoms with van der Waals surface area (Å²) in [6.07, 6.45) is 1.76. The van der Waals surface area contributed by atoms with Gasteiger partial charge in [0.25, 0.3) is 0 Å². The third-order valence-electron chi connectivity index (χ3n) is 4.18. The highest BCUT2D eigenvalue weighted by Crippen LogP contribution is 2.33. The topological polar surface area (TPSA) is 60.7 Å². The Bertz CT molecular complexity index is 1090. The normalized spacial score (nSPS) is 10.8. The molecule has 0 unspecified atom stereocenters. The zero-order valence-corrected chi connectivity index (χ0v) is 15.6. The summed E-state index contributed by atoms with van der Waals surface area (Å²) in [6.45, 7) is 0. The Balaban J connectivity index is 1.74. The number of hydrogen-bond acceptors (Lipinski definition) is 5. The molecule has 0 aliphatic rings. The first-order valence-corrected chi connectivity index (χ1v) is 8.65. The second-order valence-corrected chi connectivity index (χ2v) is 6.27. The number of fused-ring (bicyclic) bond motifs is 1. The van der Waals surface area contributed by atoms with Crippen molar-refractivity contribution in [2.24, 2.45) is 0 Å². The number of methoxy groups -OCH3 is 2. The van der Waals surface area contributed by atoms with E-state index in [1.165, 1.54) is 0 Å². The minimum absolute atomic E-state index is 0.478. The summed E-state index contributed by atoms with van der Waals surface area (Å²) in [7, 11) is 3.27. The lowest BCUT2D eigenvalue weighted by molar-refractivity contribution is 0.415. The molecule has 1 N–H and O–H groups in total. The molecule has 0 amide bonds. The van der Waals surface area contributed by atoms with Crippen LogP contribution in [-0.4, -0.2) is 28.8 Å². The Morgan fingerprint density at radius 3 is 2.52 bits per heavy atom. The van der Waals surface area contributed by atoms with Crippen LogP contribution in [0.3, 0.4) is 0 Å². The molecule has 2 aromatic carbocycles. The van der Waals surface area contributed by atoms with E-state index < -0.39 is 0 Å². The van der Waals surface area contributed by atoms with Gasteiger partial charge in [-0.15, -0.1) is 5.10 Å². The minimum atomic E-state index is 0.478. The Morgan fingerprint density at radius 1 is 0.963 bits per heavy atom. The highest BCUT2D eigenvalue weighted by Gasteiger charge is 2.13. The number of aromatic nitrogens is 3. The van der Waals surface area contributed by atoms with Crippen molar-refractivity contribution in [3.63, 3.8) is 0 Å². The number of benzene rings is 2. The van der Waals surface area contributed by atoms with Crippen molar-refractivity contribution in [3.05, 3.63) is 65.8 Å². The number of rotatable bonds is 5. The molecule has 7 heteroatoms. The first-order valence-electron chi connectivity index (χ1n) is 8.28. The monoisotopic (exact) mass is 380 g/mol. The number of halogens is 1. The van der Waals surface area contributed by atoms with Crippen LogP contribution < -0.4 is 14.8 Å². The van der Waals surface area contributed by atoms with Gasteiger partial charge in [0, 0.05) is 16.3 Å². The van der Waals surface area contributed by atoms with E-state index in [2.05, 4.69) is 15.4 Å². The molecule has 6 nitrogen and oxygen atoms in total. The van der Waals surface area contributed by atoms with E-state index in [1.807, 2.05) is 53.0 Å². The molecule has 0 saturated carbocycles. The van der Waals surface area contributed by atoms with Gasteiger partial charge >= 0.3 is 0 Å². The molecule has 0 fully saturated rings. The van der Waals surface area contributed by atoms with Crippen LogP contribution in [0.4, 0.5) is 11.6 Å². The molecule has 2 heterocycles. The molecule has 0 radical (unpaired) electrons. The summed E-state index contributed by atoms with van der Waals surface area (Å²) in [4.78, 5) is 4.38. The Labute approximate surface area is 161 Å². The maximum absolute atomic E-state index is 6.19. The number of anilines is 2. The SMILES string of the molecule is COc1ccc(Nc2ncc3ccc(-c4cc(Cl)ccc4OC)n3n2)cc1. The fourth-order valence-corrected chi connectivity index (χ4v) is 3.02. The summed E-state index contributed by atoms with van der Waals surface area (Å²) in [5.41, 5.74) is 3.46. The van der Waals surface area contributed by atoms with Gasteiger partial charge in [-0.3, -0.25) is 0 Å². The second-order valence-electron chi connectivity index (χ2n) is 5.84. The minimum Gasteiger partial charge on any atom is -0.497 e. The average molecular weight is 381 g/mol. The van der Waals surface area contributed by atoms with Crippen LogP contribution in [0.25, 0.3) is 16.8 Å². The maximum atomic E-state index is 6.19. The molecule has 4 aromatic rings.